The number of ether oxygens (including phenoxy) is 4. The van der Waals surface area contributed by atoms with Gasteiger partial charge in [-0.2, -0.15) is 10.2 Å². The van der Waals surface area contributed by atoms with Crippen molar-refractivity contribution in [2.45, 2.75) is 90.8 Å². The van der Waals surface area contributed by atoms with E-state index in [0.717, 1.165) is 108 Å². The number of pyridine rings is 2. The number of hydrogen-bond acceptors (Lipinski definition) is 10. The van der Waals surface area contributed by atoms with Gasteiger partial charge in [0.15, 0.2) is 0 Å². The van der Waals surface area contributed by atoms with Gasteiger partial charge in [0, 0.05) is 78.3 Å². The van der Waals surface area contributed by atoms with Gasteiger partial charge >= 0.3 is 0 Å². The lowest BCUT2D eigenvalue weighted by atomic mass is 10.0. The standard InChI is InChI=1S/2C22H24N4O2/c1-14(2)26-13-17-4-3-15(11-19(17)25-26)21-20-16(12-24-21)5-8-23-22(20)28-18-6-9-27-10-7-18;1-14(2)26-19-11-15(3-4-16(19)13-25-26)21-20-17(12-24-21)5-8-23-22(20)28-18-6-9-27-10-7-18/h2*3-5,8,11,13-14,18H,6-7,9-10,12H2,1-2H3. The van der Waals surface area contributed by atoms with Crippen LogP contribution in [0.25, 0.3) is 21.8 Å². The highest BCUT2D eigenvalue weighted by Crippen LogP contribution is 2.34. The second-order valence-electron chi connectivity index (χ2n) is 15.4. The maximum Gasteiger partial charge on any atom is 0.223 e. The Morgan fingerprint density at radius 1 is 0.661 bits per heavy atom. The molecule has 6 aromatic rings. The summed E-state index contributed by atoms with van der Waals surface area (Å²) in [5.74, 6) is 1.38. The lowest BCUT2D eigenvalue weighted by molar-refractivity contribution is 0.0234. The van der Waals surface area contributed by atoms with E-state index < -0.39 is 0 Å². The molecule has 0 radical (unpaired) electrons. The minimum absolute atomic E-state index is 0.152. The van der Waals surface area contributed by atoms with E-state index in [1.807, 2.05) is 35.4 Å². The minimum atomic E-state index is 0.152. The average Bonchev–Trinajstić information content (AvgIpc) is 4.03. The van der Waals surface area contributed by atoms with E-state index in [-0.39, 0.29) is 12.2 Å². The maximum atomic E-state index is 6.29. The summed E-state index contributed by atoms with van der Waals surface area (Å²) in [5, 5.41) is 11.5. The van der Waals surface area contributed by atoms with Crippen LogP contribution in [0.5, 0.6) is 11.8 Å². The van der Waals surface area contributed by atoms with Gasteiger partial charge in [-0.3, -0.25) is 19.3 Å². The van der Waals surface area contributed by atoms with E-state index in [9.17, 15) is 0 Å². The van der Waals surface area contributed by atoms with Crippen LogP contribution in [0.3, 0.4) is 0 Å². The molecule has 0 saturated carbocycles. The van der Waals surface area contributed by atoms with Gasteiger partial charge < -0.3 is 18.9 Å². The van der Waals surface area contributed by atoms with Crippen molar-refractivity contribution in [3.8, 4) is 11.8 Å². The highest BCUT2D eigenvalue weighted by atomic mass is 16.5. The summed E-state index contributed by atoms with van der Waals surface area (Å²) in [6.07, 6.45) is 11.6. The Kier molecular flexibility index (Phi) is 10.1. The highest BCUT2D eigenvalue weighted by Gasteiger charge is 2.28. The van der Waals surface area contributed by atoms with Crippen molar-refractivity contribution in [1.29, 1.82) is 0 Å². The van der Waals surface area contributed by atoms with E-state index in [2.05, 4.69) is 90.0 Å². The fourth-order valence-electron chi connectivity index (χ4n) is 7.81. The van der Waals surface area contributed by atoms with Crippen molar-refractivity contribution in [1.82, 2.24) is 29.5 Å². The van der Waals surface area contributed by atoms with Crippen LogP contribution in [0.1, 0.15) is 98.8 Å². The Labute approximate surface area is 326 Å². The van der Waals surface area contributed by atoms with Crippen LogP contribution >= 0.6 is 0 Å². The molecule has 2 aromatic carbocycles. The predicted molar refractivity (Wildman–Crippen MR) is 216 cm³/mol. The van der Waals surface area contributed by atoms with Gasteiger partial charge in [0.05, 0.1) is 79.3 Å². The molecule has 56 heavy (non-hydrogen) atoms. The first kappa shape index (κ1) is 36.2. The molecule has 0 atom stereocenters. The highest BCUT2D eigenvalue weighted by molar-refractivity contribution is 6.18. The second kappa shape index (κ2) is 15.6. The molecule has 4 aliphatic rings. The third-order valence-electron chi connectivity index (χ3n) is 10.9. The molecule has 0 aliphatic carbocycles. The lowest BCUT2D eigenvalue weighted by Gasteiger charge is -2.24. The Morgan fingerprint density at radius 2 is 1.21 bits per heavy atom. The van der Waals surface area contributed by atoms with Gasteiger partial charge in [0.1, 0.15) is 12.2 Å². The number of benzene rings is 2. The van der Waals surface area contributed by atoms with E-state index in [0.29, 0.717) is 36.9 Å². The van der Waals surface area contributed by atoms with Crippen LogP contribution in [0.4, 0.5) is 0 Å². The van der Waals surface area contributed by atoms with E-state index in [1.54, 1.807) is 0 Å². The van der Waals surface area contributed by atoms with Crippen LogP contribution in [0, 0.1) is 0 Å². The molecule has 10 rings (SSSR count). The Morgan fingerprint density at radius 3 is 1.77 bits per heavy atom. The summed E-state index contributed by atoms with van der Waals surface area (Å²) >= 11 is 0. The van der Waals surface area contributed by atoms with Gasteiger partial charge in [-0.1, -0.05) is 24.3 Å². The first-order valence-corrected chi connectivity index (χ1v) is 19.9. The van der Waals surface area contributed by atoms with Gasteiger partial charge in [-0.15, -0.1) is 0 Å². The SMILES string of the molecule is CC(C)n1cc2ccc(C3=NCc4ccnc(OC5CCOCC5)c43)cc2n1.CC(C)n1ncc2ccc(C3=NCc4ccnc(OC5CCOCC5)c43)cc21. The van der Waals surface area contributed by atoms with Crippen LogP contribution in [-0.4, -0.2) is 79.6 Å². The summed E-state index contributed by atoms with van der Waals surface area (Å²) in [7, 11) is 0. The van der Waals surface area contributed by atoms with Crippen LogP contribution in [0.2, 0.25) is 0 Å². The molecule has 8 heterocycles. The molecule has 4 aliphatic heterocycles. The van der Waals surface area contributed by atoms with Crippen LogP contribution in [-0.2, 0) is 22.6 Å². The predicted octanol–water partition coefficient (Wildman–Crippen LogP) is 7.84. The summed E-state index contributed by atoms with van der Waals surface area (Å²) in [4.78, 5) is 18.8. The Balaban J connectivity index is 0.000000146. The fourth-order valence-corrected chi connectivity index (χ4v) is 7.81. The number of nitrogens with zero attached hydrogens (tertiary/aromatic N) is 8. The van der Waals surface area contributed by atoms with Gasteiger partial charge in [0.25, 0.3) is 0 Å². The zero-order valence-corrected chi connectivity index (χ0v) is 32.5. The van der Waals surface area contributed by atoms with Gasteiger partial charge in [-0.25, -0.2) is 9.97 Å². The molecule has 0 bridgehead atoms. The zero-order chi connectivity index (χ0) is 38.2. The second-order valence-corrected chi connectivity index (χ2v) is 15.4. The fraction of sp³-hybridized carbons (Fsp3) is 0.409. The largest absolute Gasteiger partial charge is 0.474 e. The molecule has 12 heteroatoms. The molecule has 288 valence electrons. The van der Waals surface area contributed by atoms with E-state index in [1.165, 1.54) is 11.1 Å². The van der Waals surface area contributed by atoms with Crippen LogP contribution in [0.15, 0.2) is 83.3 Å². The lowest BCUT2D eigenvalue weighted by Crippen LogP contribution is -2.27. The smallest absolute Gasteiger partial charge is 0.223 e. The topological polar surface area (TPSA) is 123 Å². The molecule has 0 spiro atoms. The molecule has 0 unspecified atom stereocenters. The summed E-state index contributed by atoms with van der Waals surface area (Å²) in [5.41, 5.74) is 10.6. The molecule has 0 amide bonds. The molecule has 4 aromatic heterocycles. The van der Waals surface area contributed by atoms with E-state index >= 15 is 0 Å². The number of rotatable bonds is 8. The summed E-state index contributed by atoms with van der Waals surface area (Å²) in [6, 6.07) is 17.5. The summed E-state index contributed by atoms with van der Waals surface area (Å²) in [6.45, 7) is 12.9. The van der Waals surface area contributed by atoms with E-state index in [4.69, 9.17) is 34.0 Å². The quantitative estimate of drug-likeness (QED) is 0.154. The summed E-state index contributed by atoms with van der Waals surface area (Å²) < 4.78 is 27.5. The maximum absolute atomic E-state index is 6.29. The van der Waals surface area contributed by atoms with Gasteiger partial charge in [-0.05, 0) is 63.1 Å². The first-order valence-electron chi connectivity index (χ1n) is 19.9. The number of hydrogen-bond donors (Lipinski definition) is 0. The van der Waals surface area contributed by atoms with Crippen molar-refractivity contribution < 1.29 is 18.9 Å². The van der Waals surface area contributed by atoms with Crippen molar-refractivity contribution in [3.05, 3.63) is 107 Å². The average molecular weight is 753 g/mol. The molecule has 12 nitrogen and oxygen atoms in total. The molecule has 2 saturated heterocycles. The normalized spacial score (nSPS) is 17.2. The van der Waals surface area contributed by atoms with Crippen molar-refractivity contribution in [3.63, 3.8) is 0 Å². The van der Waals surface area contributed by atoms with Crippen LogP contribution < -0.4 is 9.47 Å². The molecule has 2 fully saturated rings. The van der Waals surface area contributed by atoms with Crippen molar-refractivity contribution in [2.75, 3.05) is 26.4 Å². The number of aromatic nitrogens is 6. The Bertz CT molecular complexity index is 2430. The minimum Gasteiger partial charge on any atom is -0.474 e. The monoisotopic (exact) mass is 752 g/mol. The molecular formula is C44H48N8O4. The molecular weight excluding hydrogens is 705 g/mol. The molecule has 0 N–H and O–H groups in total. The Hall–Kier alpha value is -5.46. The number of fused-ring (bicyclic) bond motifs is 4. The van der Waals surface area contributed by atoms with Crippen molar-refractivity contribution in [2.24, 2.45) is 9.98 Å². The third kappa shape index (κ3) is 7.19. The zero-order valence-electron chi connectivity index (χ0n) is 32.5. The third-order valence-corrected chi connectivity index (χ3v) is 10.9. The first-order chi connectivity index (χ1) is 27.4. The number of aliphatic imine (C=N–C) groups is 2. The van der Waals surface area contributed by atoms with Gasteiger partial charge in [0.2, 0.25) is 11.8 Å². The van der Waals surface area contributed by atoms with Crippen molar-refractivity contribution >= 4 is 33.2 Å².